The van der Waals surface area contributed by atoms with Gasteiger partial charge in [-0.05, 0) is 0 Å². The van der Waals surface area contributed by atoms with Crippen LogP contribution in [0.25, 0.3) is 10.3 Å². The Morgan fingerprint density at radius 3 is 3.27 bits per heavy atom. The molecule has 0 spiro atoms. The first-order chi connectivity index (χ1) is 5.29. The summed E-state index contributed by atoms with van der Waals surface area (Å²) >= 11 is 1.39. The number of aromatic nitrogens is 3. The van der Waals surface area contributed by atoms with Crippen LogP contribution < -0.4 is 5.73 Å². The third-order valence-electron chi connectivity index (χ3n) is 1.29. The van der Waals surface area contributed by atoms with E-state index in [0.717, 1.165) is 4.83 Å². The highest BCUT2D eigenvalue weighted by atomic mass is 32.1. The van der Waals surface area contributed by atoms with Crippen LogP contribution in [0.15, 0.2) is 5.51 Å². The minimum absolute atomic E-state index is 0.209. The molecule has 2 rings (SSSR count). The van der Waals surface area contributed by atoms with Crippen LogP contribution >= 0.6 is 11.3 Å². The van der Waals surface area contributed by atoms with Gasteiger partial charge in [0.15, 0.2) is 5.69 Å². The van der Waals surface area contributed by atoms with Crippen LogP contribution in [0.5, 0.6) is 0 Å². The highest BCUT2D eigenvalue weighted by Crippen LogP contribution is 2.16. The van der Waals surface area contributed by atoms with Gasteiger partial charge in [-0.2, -0.15) is 5.10 Å². The molecule has 0 aliphatic carbocycles. The van der Waals surface area contributed by atoms with Gasteiger partial charge in [0.05, 0.1) is 5.51 Å². The lowest BCUT2D eigenvalue weighted by molar-refractivity contribution is 0.0997. The van der Waals surface area contributed by atoms with Crippen molar-refractivity contribution in [1.82, 2.24) is 15.2 Å². The van der Waals surface area contributed by atoms with E-state index in [0.29, 0.717) is 5.52 Å². The molecule has 1 amide bonds. The summed E-state index contributed by atoms with van der Waals surface area (Å²) < 4.78 is 0. The number of nitrogens with two attached hydrogens (primary N) is 1. The number of primary amides is 1. The third-order valence-corrected chi connectivity index (χ3v) is 2.03. The Morgan fingerprint density at radius 1 is 1.73 bits per heavy atom. The van der Waals surface area contributed by atoms with E-state index in [1.807, 2.05) is 0 Å². The maximum atomic E-state index is 10.7. The van der Waals surface area contributed by atoms with Crippen molar-refractivity contribution in [2.75, 3.05) is 0 Å². The lowest BCUT2D eigenvalue weighted by atomic mass is 10.4. The Balaban J connectivity index is 2.78. The topological polar surface area (TPSA) is 84.7 Å². The van der Waals surface area contributed by atoms with E-state index < -0.39 is 5.91 Å². The van der Waals surface area contributed by atoms with Crippen molar-refractivity contribution < 1.29 is 4.79 Å². The van der Waals surface area contributed by atoms with Gasteiger partial charge in [-0.1, -0.05) is 0 Å². The summed E-state index contributed by atoms with van der Waals surface area (Å²) in [4.78, 5) is 15.4. The van der Waals surface area contributed by atoms with Crippen molar-refractivity contribution in [2.45, 2.75) is 0 Å². The molecule has 2 aromatic rings. The molecule has 0 aliphatic rings. The summed E-state index contributed by atoms with van der Waals surface area (Å²) in [5, 5.41) is 6.36. The number of hydrogen-bond acceptors (Lipinski definition) is 4. The molecule has 0 bridgehead atoms. The van der Waals surface area contributed by atoms with E-state index >= 15 is 0 Å². The van der Waals surface area contributed by atoms with Gasteiger partial charge in [0.2, 0.25) is 0 Å². The first-order valence-corrected chi connectivity index (χ1v) is 3.74. The third kappa shape index (κ3) is 0.795. The molecule has 11 heavy (non-hydrogen) atoms. The Labute approximate surface area is 65.2 Å². The average molecular weight is 168 g/mol. The second kappa shape index (κ2) is 2.03. The molecule has 0 fully saturated rings. The molecule has 3 N–H and O–H groups in total. The monoisotopic (exact) mass is 168 g/mol. The van der Waals surface area contributed by atoms with Crippen LogP contribution in [0.3, 0.4) is 0 Å². The molecule has 0 radical (unpaired) electrons. The zero-order chi connectivity index (χ0) is 7.84. The van der Waals surface area contributed by atoms with Crippen LogP contribution in [0, 0.1) is 0 Å². The van der Waals surface area contributed by atoms with Gasteiger partial charge in [-0.25, -0.2) is 4.98 Å². The zero-order valence-electron chi connectivity index (χ0n) is 5.37. The van der Waals surface area contributed by atoms with Crippen molar-refractivity contribution in [2.24, 2.45) is 5.73 Å². The van der Waals surface area contributed by atoms with Crippen LogP contribution in [-0.4, -0.2) is 21.1 Å². The molecule has 2 aromatic heterocycles. The van der Waals surface area contributed by atoms with Gasteiger partial charge in [-0.15, -0.1) is 11.3 Å². The van der Waals surface area contributed by atoms with Crippen molar-refractivity contribution in [3.8, 4) is 0 Å². The Bertz CT molecular complexity index is 403. The zero-order valence-corrected chi connectivity index (χ0v) is 6.18. The first-order valence-electron chi connectivity index (χ1n) is 2.86. The lowest BCUT2D eigenvalue weighted by Crippen LogP contribution is -2.11. The van der Waals surface area contributed by atoms with E-state index in [4.69, 9.17) is 5.73 Å². The Kier molecular flexibility index (Phi) is 1.16. The Morgan fingerprint density at radius 2 is 2.55 bits per heavy atom. The quantitative estimate of drug-likeness (QED) is 0.634. The van der Waals surface area contributed by atoms with E-state index in [1.54, 1.807) is 5.51 Å². The fourth-order valence-corrected chi connectivity index (χ4v) is 1.45. The van der Waals surface area contributed by atoms with Crippen molar-refractivity contribution in [3.63, 3.8) is 0 Å². The fourth-order valence-electron chi connectivity index (χ4n) is 0.826. The molecular weight excluding hydrogens is 164 g/mol. The SMILES string of the molecule is NC(=O)c1n[nH]c2scnc12. The van der Waals surface area contributed by atoms with Gasteiger partial charge in [0, 0.05) is 0 Å². The number of hydrogen-bond donors (Lipinski definition) is 2. The maximum Gasteiger partial charge on any atom is 0.271 e. The maximum absolute atomic E-state index is 10.7. The molecule has 0 aliphatic heterocycles. The summed E-state index contributed by atoms with van der Waals surface area (Å²) in [6.45, 7) is 0. The number of fused-ring (bicyclic) bond motifs is 1. The number of carbonyl (C=O) groups excluding carboxylic acids is 1. The van der Waals surface area contributed by atoms with Gasteiger partial charge in [-0.3, -0.25) is 9.89 Å². The summed E-state index contributed by atoms with van der Waals surface area (Å²) in [7, 11) is 0. The summed E-state index contributed by atoms with van der Waals surface area (Å²) in [6, 6.07) is 0. The molecule has 2 heterocycles. The van der Waals surface area contributed by atoms with Crippen molar-refractivity contribution in [3.05, 3.63) is 11.2 Å². The van der Waals surface area contributed by atoms with Crippen molar-refractivity contribution >= 4 is 27.6 Å². The molecule has 0 saturated carbocycles. The van der Waals surface area contributed by atoms with Crippen LogP contribution in [0.4, 0.5) is 0 Å². The second-order valence-electron chi connectivity index (χ2n) is 1.97. The van der Waals surface area contributed by atoms with Crippen LogP contribution in [0.1, 0.15) is 10.5 Å². The van der Waals surface area contributed by atoms with Crippen molar-refractivity contribution in [1.29, 1.82) is 0 Å². The smallest absolute Gasteiger partial charge is 0.271 e. The minimum Gasteiger partial charge on any atom is -0.364 e. The minimum atomic E-state index is -0.554. The largest absolute Gasteiger partial charge is 0.364 e. The number of aromatic amines is 1. The summed E-state index contributed by atoms with van der Waals surface area (Å²) in [5.74, 6) is -0.554. The molecule has 5 nitrogen and oxygen atoms in total. The molecule has 0 unspecified atom stereocenters. The Hall–Kier alpha value is -1.43. The van der Waals surface area contributed by atoms with E-state index in [-0.39, 0.29) is 5.69 Å². The van der Waals surface area contributed by atoms with E-state index in [9.17, 15) is 4.79 Å². The molecule has 6 heteroatoms. The average Bonchev–Trinajstić information content (AvgIpc) is 2.41. The molecule has 0 aromatic carbocycles. The number of thiazole rings is 1. The fraction of sp³-hybridized carbons (Fsp3) is 0. The lowest BCUT2D eigenvalue weighted by Gasteiger charge is -1.81. The number of carbonyl (C=O) groups is 1. The highest BCUT2D eigenvalue weighted by Gasteiger charge is 2.11. The van der Waals surface area contributed by atoms with E-state index in [2.05, 4.69) is 15.2 Å². The predicted molar refractivity (Wildman–Crippen MR) is 40.3 cm³/mol. The normalized spacial score (nSPS) is 10.5. The van der Waals surface area contributed by atoms with Gasteiger partial charge >= 0.3 is 0 Å². The summed E-state index contributed by atoms with van der Waals surface area (Å²) in [5.41, 5.74) is 7.43. The number of rotatable bonds is 1. The first kappa shape index (κ1) is 6.29. The number of nitrogens with zero attached hydrogens (tertiary/aromatic N) is 2. The standard InChI is InChI=1S/C5H4N4OS/c6-4(10)2-3-5(9-8-2)11-1-7-3/h1H,(H2,6,10)(H,8,9). The highest BCUT2D eigenvalue weighted by molar-refractivity contribution is 7.16. The predicted octanol–water partition coefficient (Wildman–Crippen LogP) is 0.118. The van der Waals surface area contributed by atoms with Gasteiger partial charge in [0.25, 0.3) is 5.91 Å². The van der Waals surface area contributed by atoms with Gasteiger partial charge < -0.3 is 5.73 Å². The number of H-pyrrole nitrogens is 1. The summed E-state index contributed by atoms with van der Waals surface area (Å²) in [6.07, 6.45) is 0. The molecule has 0 saturated heterocycles. The van der Waals surface area contributed by atoms with Crippen LogP contribution in [0.2, 0.25) is 0 Å². The number of nitrogens with one attached hydrogen (secondary N) is 1. The molecular formula is C5H4N4OS. The molecule has 0 atom stereocenters. The second-order valence-corrected chi connectivity index (χ2v) is 2.82. The van der Waals surface area contributed by atoms with E-state index in [1.165, 1.54) is 11.3 Å². The molecule has 56 valence electrons. The van der Waals surface area contributed by atoms with Crippen LogP contribution in [-0.2, 0) is 0 Å². The number of amides is 1. The van der Waals surface area contributed by atoms with Gasteiger partial charge in [0.1, 0.15) is 10.3 Å².